The van der Waals surface area contributed by atoms with Gasteiger partial charge >= 0.3 is 0 Å². The average Bonchev–Trinajstić information content (AvgIpc) is 1.90. The van der Waals surface area contributed by atoms with Crippen LogP contribution in [0.1, 0.15) is 19.8 Å². The fourth-order valence-corrected chi connectivity index (χ4v) is 2.36. The molecular formula is C7H14OS. The summed E-state index contributed by atoms with van der Waals surface area (Å²) >= 11 is 2.03. The SMILES string of the molecule is COC1(C)CCSCC1. The molecule has 0 unspecified atom stereocenters. The number of thioether (sulfide) groups is 1. The molecule has 0 bridgehead atoms. The summed E-state index contributed by atoms with van der Waals surface area (Å²) < 4.78 is 5.37. The van der Waals surface area contributed by atoms with Crippen molar-refractivity contribution in [2.75, 3.05) is 18.6 Å². The van der Waals surface area contributed by atoms with Gasteiger partial charge in [0.25, 0.3) is 0 Å². The molecule has 0 aromatic carbocycles. The molecule has 0 radical (unpaired) electrons. The number of hydrogen-bond donors (Lipinski definition) is 0. The van der Waals surface area contributed by atoms with Gasteiger partial charge in [-0.2, -0.15) is 11.8 Å². The minimum absolute atomic E-state index is 0.200. The van der Waals surface area contributed by atoms with Crippen LogP contribution >= 0.6 is 11.8 Å². The maximum Gasteiger partial charge on any atom is 0.0666 e. The van der Waals surface area contributed by atoms with E-state index in [0.29, 0.717) is 0 Å². The summed E-state index contributed by atoms with van der Waals surface area (Å²) in [6, 6.07) is 0. The number of methoxy groups -OCH3 is 1. The Morgan fingerprint density at radius 1 is 1.33 bits per heavy atom. The highest BCUT2D eigenvalue weighted by molar-refractivity contribution is 7.99. The van der Waals surface area contributed by atoms with E-state index in [1.54, 1.807) is 0 Å². The van der Waals surface area contributed by atoms with Gasteiger partial charge in [0.05, 0.1) is 5.60 Å². The molecule has 0 atom stereocenters. The molecule has 0 spiro atoms. The van der Waals surface area contributed by atoms with Gasteiger partial charge < -0.3 is 4.74 Å². The van der Waals surface area contributed by atoms with E-state index in [2.05, 4.69) is 6.92 Å². The predicted octanol–water partition coefficient (Wildman–Crippen LogP) is 1.92. The zero-order valence-corrected chi connectivity index (χ0v) is 6.96. The van der Waals surface area contributed by atoms with Gasteiger partial charge in [-0.05, 0) is 31.3 Å². The van der Waals surface area contributed by atoms with E-state index < -0.39 is 0 Å². The Morgan fingerprint density at radius 2 is 1.89 bits per heavy atom. The zero-order chi connectivity index (χ0) is 6.74. The van der Waals surface area contributed by atoms with Crippen molar-refractivity contribution in [3.8, 4) is 0 Å². The van der Waals surface area contributed by atoms with E-state index >= 15 is 0 Å². The molecule has 1 heterocycles. The maximum atomic E-state index is 5.37. The Labute approximate surface area is 61.2 Å². The molecule has 1 rings (SSSR count). The lowest BCUT2D eigenvalue weighted by Gasteiger charge is -2.31. The molecule has 0 amide bonds. The van der Waals surface area contributed by atoms with Gasteiger partial charge in [0, 0.05) is 7.11 Å². The summed E-state index contributed by atoms with van der Waals surface area (Å²) in [4.78, 5) is 0. The van der Waals surface area contributed by atoms with E-state index in [9.17, 15) is 0 Å². The third-order valence-electron chi connectivity index (χ3n) is 2.04. The third kappa shape index (κ3) is 1.87. The molecule has 1 aliphatic heterocycles. The van der Waals surface area contributed by atoms with E-state index in [1.807, 2.05) is 18.9 Å². The second kappa shape index (κ2) is 2.93. The highest BCUT2D eigenvalue weighted by Gasteiger charge is 2.25. The lowest BCUT2D eigenvalue weighted by Crippen LogP contribution is -2.31. The van der Waals surface area contributed by atoms with Crippen LogP contribution in [0.2, 0.25) is 0 Å². The summed E-state index contributed by atoms with van der Waals surface area (Å²) in [6.45, 7) is 2.20. The molecule has 1 fully saturated rings. The molecular weight excluding hydrogens is 132 g/mol. The van der Waals surface area contributed by atoms with Crippen molar-refractivity contribution in [1.29, 1.82) is 0 Å². The van der Waals surface area contributed by atoms with Crippen molar-refractivity contribution in [3.05, 3.63) is 0 Å². The summed E-state index contributed by atoms with van der Waals surface area (Å²) in [5.74, 6) is 2.54. The molecule has 0 saturated carbocycles. The summed E-state index contributed by atoms with van der Waals surface area (Å²) in [7, 11) is 1.82. The molecule has 1 saturated heterocycles. The molecule has 9 heavy (non-hydrogen) atoms. The average molecular weight is 146 g/mol. The Kier molecular flexibility index (Phi) is 2.42. The van der Waals surface area contributed by atoms with Crippen LogP contribution in [0.3, 0.4) is 0 Å². The van der Waals surface area contributed by atoms with Gasteiger partial charge in [0.15, 0.2) is 0 Å². The van der Waals surface area contributed by atoms with Gasteiger partial charge in [-0.25, -0.2) is 0 Å². The summed E-state index contributed by atoms with van der Waals surface area (Å²) in [6.07, 6.45) is 2.43. The van der Waals surface area contributed by atoms with Gasteiger partial charge in [-0.1, -0.05) is 0 Å². The van der Waals surface area contributed by atoms with E-state index in [4.69, 9.17) is 4.74 Å². The Hall–Kier alpha value is 0.310. The second-order valence-electron chi connectivity index (χ2n) is 2.77. The van der Waals surface area contributed by atoms with Crippen LogP contribution in [0.5, 0.6) is 0 Å². The summed E-state index contributed by atoms with van der Waals surface area (Å²) in [5, 5.41) is 0. The first kappa shape index (κ1) is 7.42. The van der Waals surface area contributed by atoms with Crippen molar-refractivity contribution in [2.24, 2.45) is 0 Å². The predicted molar refractivity (Wildman–Crippen MR) is 42.0 cm³/mol. The molecule has 0 N–H and O–H groups in total. The lowest BCUT2D eigenvalue weighted by atomic mass is 10.00. The van der Waals surface area contributed by atoms with Gasteiger partial charge in [-0.3, -0.25) is 0 Å². The van der Waals surface area contributed by atoms with Crippen LogP contribution in [0.25, 0.3) is 0 Å². The van der Waals surface area contributed by atoms with Crippen LogP contribution in [0, 0.1) is 0 Å². The van der Waals surface area contributed by atoms with Crippen LogP contribution in [0.15, 0.2) is 0 Å². The number of hydrogen-bond acceptors (Lipinski definition) is 2. The van der Waals surface area contributed by atoms with Crippen molar-refractivity contribution in [1.82, 2.24) is 0 Å². The Bertz CT molecular complexity index is 86.9. The molecule has 54 valence electrons. The third-order valence-corrected chi connectivity index (χ3v) is 3.03. The van der Waals surface area contributed by atoms with Crippen LogP contribution < -0.4 is 0 Å². The largest absolute Gasteiger partial charge is 0.378 e. The normalized spacial score (nSPS) is 26.0. The molecule has 0 aromatic heterocycles. The van der Waals surface area contributed by atoms with Crippen LogP contribution in [0.4, 0.5) is 0 Å². The van der Waals surface area contributed by atoms with Crippen molar-refractivity contribution in [2.45, 2.75) is 25.4 Å². The Morgan fingerprint density at radius 3 is 2.22 bits per heavy atom. The first-order valence-electron chi connectivity index (χ1n) is 3.40. The Balaban J connectivity index is 2.37. The van der Waals surface area contributed by atoms with Crippen LogP contribution in [-0.4, -0.2) is 24.2 Å². The summed E-state index contributed by atoms with van der Waals surface area (Å²) in [5.41, 5.74) is 0.200. The smallest absolute Gasteiger partial charge is 0.0666 e. The van der Waals surface area contributed by atoms with E-state index in [0.717, 1.165) is 0 Å². The quantitative estimate of drug-likeness (QED) is 0.559. The van der Waals surface area contributed by atoms with E-state index in [-0.39, 0.29) is 5.60 Å². The molecule has 0 aliphatic carbocycles. The topological polar surface area (TPSA) is 9.23 Å². The molecule has 0 aromatic rings. The highest BCUT2D eigenvalue weighted by Crippen LogP contribution is 2.28. The first-order chi connectivity index (χ1) is 4.27. The fraction of sp³-hybridized carbons (Fsp3) is 1.00. The number of ether oxygens (including phenoxy) is 1. The maximum absolute atomic E-state index is 5.37. The monoisotopic (exact) mass is 146 g/mol. The lowest BCUT2D eigenvalue weighted by molar-refractivity contribution is -0.000412. The minimum atomic E-state index is 0.200. The molecule has 1 nitrogen and oxygen atoms in total. The first-order valence-corrected chi connectivity index (χ1v) is 4.55. The van der Waals surface area contributed by atoms with Gasteiger partial charge in [0.1, 0.15) is 0 Å². The highest BCUT2D eigenvalue weighted by atomic mass is 32.2. The minimum Gasteiger partial charge on any atom is -0.378 e. The van der Waals surface area contributed by atoms with Crippen molar-refractivity contribution < 1.29 is 4.74 Å². The van der Waals surface area contributed by atoms with Crippen molar-refractivity contribution in [3.63, 3.8) is 0 Å². The van der Waals surface area contributed by atoms with E-state index in [1.165, 1.54) is 24.3 Å². The second-order valence-corrected chi connectivity index (χ2v) is 3.99. The molecule has 1 aliphatic rings. The zero-order valence-electron chi connectivity index (χ0n) is 6.14. The van der Waals surface area contributed by atoms with Gasteiger partial charge in [0.2, 0.25) is 0 Å². The standard InChI is InChI=1S/C7H14OS/c1-7(8-2)3-5-9-6-4-7/h3-6H2,1-2H3. The fourth-order valence-electron chi connectivity index (χ4n) is 1.01. The van der Waals surface area contributed by atoms with Crippen molar-refractivity contribution >= 4 is 11.8 Å². The van der Waals surface area contributed by atoms with Gasteiger partial charge in [-0.15, -0.1) is 0 Å². The molecule has 2 heteroatoms. The number of rotatable bonds is 1. The van der Waals surface area contributed by atoms with Crippen LogP contribution in [-0.2, 0) is 4.74 Å².